The van der Waals surface area contributed by atoms with E-state index < -0.39 is 0 Å². The van der Waals surface area contributed by atoms with Gasteiger partial charge >= 0.3 is 0 Å². The maximum atomic E-state index is 12.2. The van der Waals surface area contributed by atoms with E-state index in [1.807, 2.05) is 26.0 Å². The zero-order valence-corrected chi connectivity index (χ0v) is 13.3. The summed E-state index contributed by atoms with van der Waals surface area (Å²) in [4.78, 5) is 28.1. The molecule has 0 saturated heterocycles. The number of aromatic nitrogens is 1. The summed E-state index contributed by atoms with van der Waals surface area (Å²) in [6.07, 6.45) is 6.62. The van der Waals surface area contributed by atoms with Crippen molar-refractivity contribution in [1.29, 1.82) is 0 Å². The van der Waals surface area contributed by atoms with Gasteiger partial charge in [0.25, 0.3) is 0 Å². The normalized spacial score (nSPS) is 21.4. The van der Waals surface area contributed by atoms with Gasteiger partial charge in [-0.3, -0.25) is 14.6 Å². The lowest BCUT2D eigenvalue weighted by molar-refractivity contribution is -0.130. The molecule has 0 atom stereocenters. The van der Waals surface area contributed by atoms with Crippen LogP contribution in [0.25, 0.3) is 0 Å². The van der Waals surface area contributed by atoms with Crippen LogP contribution in [0.5, 0.6) is 0 Å². The van der Waals surface area contributed by atoms with Crippen LogP contribution in [0.3, 0.4) is 0 Å². The molecule has 0 radical (unpaired) electrons. The third kappa shape index (κ3) is 4.83. The van der Waals surface area contributed by atoms with Crippen molar-refractivity contribution in [3.05, 3.63) is 30.1 Å². The van der Waals surface area contributed by atoms with Crippen LogP contribution in [0, 0.1) is 11.8 Å². The lowest BCUT2D eigenvalue weighted by atomic mass is 9.81. The minimum absolute atomic E-state index is 0.0323. The van der Waals surface area contributed by atoms with Gasteiger partial charge in [-0.2, -0.15) is 0 Å². The third-order valence-corrected chi connectivity index (χ3v) is 4.12. The van der Waals surface area contributed by atoms with E-state index in [2.05, 4.69) is 15.6 Å². The van der Waals surface area contributed by atoms with Crippen LogP contribution >= 0.6 is 0 Å². The molecule has 2 N–H and O–H groups in total. The molecule has 5 nitrogen and oxygen atoms in total. The molecular weight excluding hydrogens is 278 g/mol. The highest BCUT2D eigenvalue weighted by Crippen LogP contribution is 2.29. The minimum atomic E-state index is 0.0323. The van der Waals surface area contributed by atoms with Crippen LogP contribution < -0.4 is 10.6 Å². The van der Waals surface area contributed by atoms with E-state index in [1.165, 1.54) is 0 Å². The van der Waals surface area contributed by atoms with Crippen LogP contribution in [0.15, 0.2) is 24.5 Å². The van der Waals surface area contributed by atoms with E-state index in [4.69, 9.17) is 0 Å². The Kier molecular flexibility index (Phi) is 5.92. The molecule has 2 rings (SSSR count). The average Bonchev–Trinajstić information content (AvgIpc) is 2.53. The van der Waals surface area contributed by atoms with Gasteiger partial charge in [0, 0.05) is 36.8 Å². The Morgan fingerprint density at radius 3 is 2.18 bits per heavy atom. The standard InChI is InChI=1S/C17H25N3O2/c1-12(2)20-17(22)15-5-3-14(4-6-15)16(21)19-11-13-7-9-18-10-8-13/h7-10,12,14-15H,3-6,11H2,1-2H3,(H,19,21)(H,20,22). The lowest BCUT2D eigenvalue weighted by Crippen LogP contribution is -2.39. The smallest absolute Gasteiger partial charge is 0.223 e. The Morgan fingerprint density at radius 2 is 1.64 bits per heavy atom. The topological polar surface area (TPSA) is 71.1 Å². The number of amides is 2. The Labute approximate surface area is 131 Å². The summed E-state index contributed by atoms with van der Waals surface area (Å²) < 4.78 is 0. The quantitative estimate of drug-likeness (QED) is 0.874. The highest BCUT2D eigenvalue weighted by Gasteiger charge is 2.29. The van der Waals surface area contributed by atoms with Crippen molar-refractivity contribution < 1.29 is 9.59 Å². The molecular formula is C17H25N3O2. The third-order valence-electron chi connectivity index (χ3n) is 4.12. The molecule has 0 bridgehead atoms. The zero-order chi connectivity index (χ0) is 15.9. The summed E-state index contributed by atoms with van der Waals surface area (Å²) in [7, 11) is 0. The Hall–Kier alpha value is -1.91. The van der Waals surface area contributed by atoms with Gasteiger partial charge < -0.3 is 10.6 Å². The van der Waals surface area contributed by atoms with E-state index in [1.54, 1.807) is 12.4 Å². The van der Waals surface area contributed by atoms with Gasteiger partial charge in [0.05, 0.1) is 0 Å². The van der Waals surface area contributed by atoms with Crippen molar-refractivity contribution in [2.24, 2.45) is 11.8 Å². The van der Waals surface area contributed by atoms with Gasteiger partial charge in [0.2, 0.25) is 11.8 Å². The fourth-order valence-corrected chi connectivity index (χ4v) is 2.85. The highest BCUT2D eigenvalue weighted by molar-refractivity contribution is 5.81. The molecule has 22 heavy (non-hydrogen) atoms. The summed E-state index contributed by atoms with van der Waals surface area (Å²) in [5.74, 6) is 0.321. The Morgan fingerprint density at radius 1 is 1.09 bits per heavy atom. The second-order valence-corrected chi connectivity index (χ2v) is 6.29. The summed E-state index contributed by atoms with van der Waals surface area (Å²) in [6.45, 7) is 4.47. The van der Waals surface area contributed by atoms with Gasteiger partial charge in [0.15, 0.2) is 0 Å². The molecule has 1 aliphatic rings. The number of rotatable bonds is 5. The van der Waals surface area contributed by atoms with E-state index in [0.29, 0.717) is 6.54 Å². The second-order valence-electron chi connectivity index (χ2n) is 6.29. The number of nitrogens with one attached hydrogen (secondary N) is 2. The van der Waals surface area contributed by atoms with Crippen molar-refractivity contribution in [2.75, 3.05) is 0 Å². The van der Waals surface area contributed by atoms with Crippen molar-refractivity contribution in [3.63, 3.8) is 0 Å². The van der Waals surface area contributed by atoms with Crippen molar-refractivity contribution >= 4 is 11.8 Å². The van der Waals surface area contributed by atoms with E-state index in [9.17, 15) is 9.59 Å². The van der Waals surface area contributed by atoms with Crippen LogP contribution in [0.4, 0.5) is 0 Å². The molecule has 1 aromatic heterocycles. The molecule has 1 aliphatic carbocycles. The molecule has 1 aromatic rings. The van der Waals surface area contributed by atoms with Crippen LogP contribution in [-0.2, 0) is 16.1 Å². The molecule has 120 valence electrons. The first kappa shape index (κ1) is 16.5. The average molecular weight is 303 g/mol. The van der Waals surface area contributed by atoms with E-state index in [-0.39, 0.29) is 29.7 Å². The largest absolute Gasteiger partial charge is 0.354 e. The molecule has 1 saturated carbocycles. The Bertz CT molecular complexity index is 494. The number of nitrogens with zero attached hydrogens (tertiary/aromatic N) is 1. The Balaban J connectivity index is 1.74. The van der Waals surface area contributed by atoms with Gasteiger partial charge in [-0.05, 0) is 57.2 Å². The van der Waals surface area contributed by atoms with E-state index >= 15 is 0 Å². The van der Waals surface area contributed by atoms with Crippen LogP contribution in [0.2, 0.25) is 0 Å². The minimum Gasteiger partial charge on any atom is -0.354 e. The monoisotopic (exact) mass is 303 g/mol. The summed E-state index contributed by atoms with van der Waals surface area (Å²) in [5, 5.41) is 5.94. The fourth-order valence-electron chi connectivity index (χ4n) is 2.85. The summed E-state index contributed by atoms with van der Waals surface area (Å²) in [5.41, 5.74) is 1.05. The first-order valence-electron chi connectivity index (χ1n) is 8.03. The van der Waals surface area contributed by atoms with Crippen molar-refractivity contribution in [3.8, 4) is 0 Å². The summed E-state index contributed by atoms with van der Waals surface area (Å²) in [6, 6.07) is 3.97. The lowest BCUT2D eigenvalue weighted by Gasteiger charge is -2.27. The number of hydrogen-bond acceptors (Lipinski definition) is 3. The highest BCUT2D eigenvalue weighted by atomic mass is 16.2. The molecule has 2 amide bonds. The number of pyridine rings is 1. The predicted octanol–water partition coefficient (Wildman–Crippen LogP) is 2.03. The number of carbonyl (C=O) groups excluding carboxylic acids is 2. The maximum Gasteiger partial charge on any atom is 0.223 e. The molecule has 1 heterocycles. The van der Waals surface area contributed by atoms with Gasteiger partial charge in [-0.25, -0.2) is 0 Å². The van der Waals surface area contributed by atoms with Gasteiger partial charge in [-0.1, -0.05) is 0 Å². The molecule has 0 spiro atoms. The SMILES string of the molecule is CC(C)NC(=O)C1CCC(C(=O)NCc2ccncc2)CC1. The second kappa shape index (κ2) is 7.92. The summed E-state index contributed by atoms with van der Waals surface area (Å²) >= 11 is 0. The van der Waals surface area contributed by atoms with Crippen molar-refractivity contribution in [1.82, 2.24) is 15.6 Å². The van der Waals surface area contributed by atoms with Crippen molar-refractivity contribution in [2.45, 2.75) is 52.1 Å². The number of hydrogen-bond donors (Lipinski definition) is 2. The molecule has 1 fully saturated rings. The maximum absolute atomic E-state index is 12.2. The molecule has 0 unspecified atom stereocenters. The first-order valence-corrected chi connectivity index (χ1v) is 8.03. The molecule has 0 aliphatic heterocycles. The van der Waals surface area contributed by atoms with Crippen LogP contribution in [0.1, 0.15) is 45.1 Å². The zero-order valence-electron chi connectivity index (χ0n) is 13.3. The van der Waals surface area contributed by atoms with Gasteiger partial charge in [0.1, 0.15) is 0 Å². The van der Waals surface area contributed by atoms with E-state index in [0.717, 1.165) is 31.2 Å². The molecule has 5 heteroatoms. The number of carbonyl (C=O) groups is 2. The van der Waals surface area contributed by atoms with Crippen LogP contribution in [-0.4, -0.2) is 22.8 Å². The molecule has 0 aromatic carbocycles. The predicted molar refractivity (Wildman–Crippen MR) is 84.8 cm³/mol. The fraction of sp³-hybridized carbons (Fsp3) is 0.588. The first-order chi connectivity index (χ1) is 10.6. The van der Waals surface area contributed by atoms with Gasteiger partial charge in [-0.15, -0.1) is 0 Å².